The molecule has 1 aromatic rings. The molecule has 0 aliphatic heterocycles. The molecule has 0 fully saturated rings. The largest absolute Gasteiger partial charge is 0.377 e. The number of aryl methyl sites for hydroxylation is 1. The van der Waals surface area contributed by atoms with Gasteiger partial charge in [-0.15, -0.1) is 0 Å². The molecular formula is C14H25N3O. The van der Waals surface area contributed by atoms with Crippen LogP contribution in [0.25, 0.3) is 0 Å². The lowest BCUT2D eigenvalue weighted by Crippen LogP contribution is -2.25. The zero-order valence-electron chi connectivity index (χ0n) is 12.2. The van der Waals surface area contributed by atoms with Crippen LogP contribution in [0.4, 0.5) is 5.82 Å². The van der Waals surface area contributed by atoms with Crippen LogP contribution in [0.1, 0.15) is 25.1 Å². The smallest absolute Gasteiger partial charge is 0.128 e. The van der Waals surface area contributed by atoms with E-state index >= 15 is 0 Å². The molecule has 18 heavy (non-hydrogen) atoms. The number of likely N-dealkylation sites (N-methyl/N-ethyl adjacent to an activating group) is 1. The summed E-state index contributed by atoms with van der Waals surface area (Å²) < 4.78 is 5.56. The summed E-state index contributed by atoms with van der Waals surface area (Å²) in [4.78, 5) is 6.69. The van der Waals surface area contributed by atoms with Gasteiger partial charge in [-0.05, 0) is 45.5 Å². The van der Waals surface area contributed by atoms with Crippen LogP contribution in [0.3, 0.4) is 0 Å². The van der Waals surface area contributed by atoms with Crippen molar-refractivity contribution in [2.24, 2.45) is 0 Å². The van der Waals surface area contributed by atoms with Gasteiger partial charge < -0.3 is 15.0 Å². The van der Waals surface area contributed by atoms with Crippen LogP contribution in [-0.2, 0) is 11.3 Å². The number of nitrogens with one attached hydrogen (secondary N) is 1. The summed E-state index contributed by atoms with van der Waals surface area (Å²) in [6.07, 6.45) is 0.281. The molecule has 1 rings (SSSR count). The maximum atomic E-state index is 5.56. The molecule has 0 saturated carbocycles. The van der Waals surface area contributed by atoms with E-state index in [-0.39, 0.29) is 6.10 Å². The zero-order chi connectivity index (χ0) is 13.5. The van der Waals surface area contributed by atoms with E-state index in [0.29, 0.717) is 0 Å². The second-order valence-electron chi connectivity index (χ2n) is 4.85. The summed E-state index contributed by atoms with van der Waals surface area (Å²) in [5.74, 6) is 1.01. The highest BCUT2D eigenvalue weighted by atomic mass is 16.5. The van der Waals surface area contributed by atoms with Crippen molar-refractivity contribution >= 4 is 5.82 Å². The van der Waals surface area contributed by atoms with Gasteiger partial charge in [0.1, 0.15) is 5.82 Å². The van der Waals surface area contributed by atoms with E-state index in [0.717, 1.165) is 31.2 Å². The second-order valence-corrected chi connectivity index (χ2v) is 4.85. The minimum atomic E-state index is 0.281. The van der Waals surface area contributed by atoms with Gasteiger partial charge in [0.2, 0.25) is 0 Å². The number of ether oxygens (including phenoxy) is 1. The van der Waals surface area contributed by atoms with Crippen molar-refractivity contribution in [2.75, 3.05) is 32.1 Å². The first-order valence-electron chi connectivity index (χ1n) is 6.48. The van der Waals surface area contributed by atoms with E-state index < -0.39 is 0 Å². The summed E-state index contributed by atoms with van der Waals surface area (Å²) >= 11 is 0. The minimum Gasteiger partial charge on any atom is -0.377 e. The molecular weight excluding hydrogens is 226 g/mol. The average Bonchev–Trinajstić information content (AvgIpc) is 2.28. The van der Waals surface area contributed by atoms with Crippen molar-refractivity contribution in [3.05, 3.63) is 23.4 Å². The third kappa shape index (κ3) is 5.02. The maximum Gasteiger partial charge on any atom is 0.128 e. The summed E-state index contributed by atoms with van der Waals surface area (Å²) in [5.41, 5.74) is 2.31. The predicted molar refractivity (Wildman–Crippen MR) is 76.1 cm³/mol. The quantitative estimate of drug-likeness (QED) is 0.804. The number of nitrogens with zero attached hydrogens (tertiary/aromatic N) is 2. The minimum absolute atomic E-state index is 0.281. The highest BCUT2D eigenvalue weighted by Crippen LogP contribution is 2.13. The van der Waals surface area contributed by atoms with E-state index in [2.05, 4.69) is 48.2 Å². The Morgan fingerprint density at radius 2 is 2.11 bits per heavy atom. The molecule has 1 aromatic heterocycles. The molecule has 4 nitrogen and oxygen atoms in total. The van der Waals surface area contributed by atoms with Gasteiger partial charge in [-0.2, -0.15) is 0 Å². The standard InChI is InChI=1S/C14H25N3O/c1-11(2)18-7-6-17(5)14-9-13(10-15-4)8-12(3)16-14/h8-9,11,15H,6-7,10H2,1-5H3. The lowest BCUT2D eigenvalue weighted by atomic mass is 10.2. The third-order valence-corrected chi connectivity index (χ3v) is 2.65. The lowest BCUT2D eigenvalue weighted by molar-refractivity contribution is 0.0845. The molecule has 0 amide bonds. The van der Waals surface area contributed by atoms with Gasteiger partial charge in [-0.1, -0.05) is 0 Å². The van der Waals surface area contributed by atoms with Gasteiger partial charge >= 0.3 is 0 Å². The Bertz CT molecular complexity index is 366. The van der Waals surface area contributed by atoms with Crippen molar-refractivity contribution < 1.29 is 4.74 Å². The van der Waals surface area contributed by atoms with Crippen molar-refractivity contribution in [2.45, 2.75) is 33.4 Å². The summed E-state index contributed by atoms with van der Waals surface area (Å²) in [5, 5.41) is 3.16. The highest BCUT2D eigenvalue weighted by molar-refractivity contribution is 5.41. The van der Waals surface area contributed by atoms with E-state index in [1.165, 1.54) is 5.56 Å². The zero-order valence-corrected chi connectivity index (χ0v) is 12.2. The van der Waals surface area contributed by atoms with E-state index in [1.807, 2.05) is 14.0 Å². The molecule has 0 aliphatic carbocycles. The van der Waals surface area contributed by atoms with Gasteiger partial charge in [-0.3, -0.25) is 0 Å². The van der Waals surface area contributed by atoms with E-state index in [4.69, 9.17) is 4.74 Å². The second kappa shape index (κ2) is 7.34. The fourth-order valence-corrected chi connectivity index (χ4v) is 1.76. The number of pyridine rings is 1. The lowest BCUT2D eigenvalue weighted by Gasteiger charge is -2.20. The van der Waals surface area contributed by atoms with E-state index in [9.17, 15) is 0 Å². The number of hydrogen-bond donors (Lipinski definition) is 1. The van der Waals surface area contributed by atoms with Crippen LogP contribution in [0.15, 0.2) is 12.1 Å². The van der Waals surface area contributed by atoms with Crippen molar-refractivity contribution in [3.63, 3.8) is 0 Å². The number of hydrogen-bond acceptors (Lipinski definition) is 4. The Labute approximate surface area is 110 Å². The molecule has 0 radical (unpaired) electrons. The van der Waals surface area contributed by atoms with Crippen LogP contribution >= 0.6 is 0 Å². The summed E-state index contributed by atoms with van der Waals surface area (Å²) in [6, 6.07) is 4.23. The molecule has 0 aliphatic rings. The van der Waals surface area contributed by atoms with Gasteiger partial charge in [-0.25, -0.2) is 4.98 Å². The third-order valence-electron chi connectivity index (χ3n) is 2.65. The molecule has 0 aromatic carbocycles. The fourth-order valence-electron chi connectivity index (χ4n) is 1.76. The van der Waals surface area contributed by atoms with Crippen LogP contribution < -0.4 is 10.2 Å². The van der Waals surface area contributed by atoms with Crippen LogP contribution in [0, 0.1) is 6.92 Å². The molecule has 0 atom stereocenters. The maximum absolute atomic E-state index is 5.56. The molecule has 1 heterocycles. The number of aromatic nitrogens is 1. The monoisotopic (exact) mass is 251 g/mol. The number of rotatable bonds is 7. The van der Waals surface area contributed by atoms with Gasteiger partial charge in [0.15, 0.2) is 0 Å². The first-order chi connectivity index (χ1) is 8.52. The first kappa shape index (κ1) is 14.9. The Morgan fingerprint density at radius 3 is 2.72 bits per heavy atom. The van der Waals surface area contributed by atoms with Gasteiger partial charge in [0, 0.05) is 25.8 Å². The Morgan fingerprint density at radius 1 is 1.39 bits per heavy atom. The Kier molecular flexibility index (Phi) is 6.09. The number of anilines is 1. The van der Waals surface area contributed by atoms with Crippen molar-refractivity contribution in [1.82, 2.24) is 10.3 Å². The molecule has 0 unspecified atom stereocenters. The van der Waals surface area contributed by atoms with Crippen LogP contribution in [0.2, 0.25) is 0 Å². The van der Waals surface area contributed by atoms with Crippen LogP contribution in [-0.4, -0.2) is 38.3 Å². The normalized spacial score (nSPS) is 11.0. The Balaban J connectivity index is 2.63. The Hall–Kier alpha value is -1.13. The van der Waals surface area contributed by atoms with Gasteiger partial charge in [0.25, 0.3) is 0 Å². The summed E-state index contributed by atoms with van der Waals surface area (Å²) in [6.45, 7) is 8.58. The fraction of sp³-hybridized carbons (Fsp3) is 0.643. The summed E-state index contributed by atoms with van der Waals surface area (Å²) in [7, 11) is 4.00. The SMILES string of the molecule is CNCc1cc(C)nc(N(C)CCOC(C)C)c1. The topological polar surface area (TPSA) is 37.4 Å². The van der Waals surface area contributed by atoms with E-state index in [1.54, 1.807) is 0 Å². The predicted octanol–water partition coefficient (Wildman–Crippen LogP) is 1.97. The molecule has 0 spiro atoms. The molecule has 102 valence electrons. The molecule has 4 heteroatoms. The molecule has 0 bridgehead atoms. The first-order valence-corrected chi connectivity index (χ1v) is 6.48. The van der Waals surface area contributed by atoms with Gasteiger partial charge in [0.05, 0.1) is 12.7 Å². The molecule has 1 N–H and O–H groups in total. The highest BCUT2D eigenvalue weighted by Gasteiger charge is 2.05. The van der Waals surface area contributed by atoms with Crippen molar-refractivity contribution in [1.29, 1.82) is 0 Å². The average molecular weight is 251 g/mol. The van der Waals surface area contributed by atoms with Crippen molar-refractivity contribution in [3.8, 4) is 0 Å². The van der Waals surface area contributed by atoms with Crippen LogP contribution in [0.5, 0.6) is 0 Å². The molecule has 0 saturated heterocycles.